The zero-order chi connectivity index (χ0) is 18.4. The molecule has 2 aliphatic heterocycles. The molecule has 140 valence electrons. The number of thioether (sulfide) groups is 2. The molecule has 1 aromatic heterocycles. The first-order chi connectivity index (χ1) is 11.6. The topological polar surface area (TPSA) is 161 Å². The number of nitrogens with zero attached hydrogens (tertiary/aromatic N) is 5. The number of nitrogens with two attached hydrogens (primary N) is 1. The molecule has 2 fully saturated rings. The number of carboxylic acids is 1. The first kappa shape index (κ1) is 21.9. The first-order valence-corrected chi connectivity index (χ1v) is 10.9. The van der Waals surface area contributed by atoms with Gasteiger partial charge in [0.05, 0.1) is 11.8 Å². The van der Waals surface area contributed by atoms with Crippen LogP contribution in [0.1, 0.15) is 20.1 Å². The minimum Gasteiger partial charge on any atom is -1.00 e. The van der Waals surface area contributed by atoms with E-state index in [1.165, 1.54) is 18.7 Å². The number of fused-ring (bicyclic) bond motifs is 1. The molecule has 0 aromatic carbocycles. The summed E-state index contributed by atoms with van der Waals surface area (Å²) in [6.45, 7) is 1.46. The number of hydrogen-bond donors (Lipinski definition) is 2. The van der Waals surface area contributed by atoms with Crippen molar-refractivity contribution in [1.82, 2.24) is 25.1 Å². The maximum atomic E-state index is 11.9. The van der Waals surface area contributed by atoms with Crippen LogP contribution in [0.5, 0.6) is 0 Å². The van der Waals surface area contributed by atoms with Crippen LogP contribution in [0.2, 0.25) is 0 Å². The van der Waals surface area contributed by atoms with Crippen molar-refractivity contribution >= 4 is 45.4 Å². The van der Waals surface area contributed by atoms with Gasteiger partial charge in [-0.05, 0) is 17.4 Å². The fourth-order valence-electron chi connectivity index (χ4n) is 2.52. The molecular formula is C11H17N6NaO5S3. The number of carbonyl (C=O) groups is 2. The van der Waals surface area contributed by atoms with E-state index in [0.717, 1.165) is 16.4 Å². The van der Waals surface area contributed by atoms with Crippen molar-refractivity contribution in [3.8, 4) is 0 Å². The smallest absolute Gasteiger partial charge is 1.00 e. The summed E-state index contributed by atoms with van der Waals surface area (Å²) in [6.07, 6.45) is 0.442. The summed E-state index contributed by atoms with van der Waals surface area (Å²) in [5, 5.41) is 24.7. The van der Waals surface area contributed by atoms with Crippen molar-refractivity contribution in [2.45, 2.75) is 29.2 Å². The van der Waals surface area contributed by atoms with Gasteiger partial charge in [-0.2, -0.15) is 0 Å². The summed E-state index contributed by atoms with van der Waals surface area (Å²) in [7, 11) is -3.90. The second-order valence-corrected chi connectivity index (χ2v) is 9.93. The first-order valence-electron chi connectivity index (χ1n) is 7.21. The Hall–Kier alpha value is -0.380. The van der Waals surface area contributed by atoms with Crippen LogP contribution in [0, 0.1) is 5.41 Å². The molecule has 0 saturated carbocycles. The molecule has 0 spiro atoms. The van der Waals surface area contributed by atoms with Crippen molar-refractivity contribution in [2.24, 2.45) is 10.6 Å². The van der Waals surface area contributed by atoms with Crippen molar-refractivity contribution in [2.75, 3.05) is 18.1 Å². The van der Waals surface area contributed by atoms with Crippen LogP contribution in [0.15, 0.2) is 5.16 Å². The van der Waals surface area contributed by atoms with Gasteiger partial charge < -0.3 is 11.4 Å². The van der Waals surface area contributed by atoms with Gasteiger partial charge in [0, 0.05) is 18.1 Å². The van der Waals surface area contributed by atoms with Gasteiger partial charge in [-0.25, -0.2) is 18.2 Å². The Morgan fingerprint density at radius 2 is 2.31 bits per heavy atom. The van der Waals surface area contributed by atoms with Gasteiger partial charge in [0.2, 0.25) is 21.1 Å². The minimum absolute atomic E-state index is 0. The molecule has 3 atom stereocenters. The molecule has 1 amide bonds. The molecule has 15 heteroatoms. The standard InChI is InChI=1S/C11H16N6O5S3.Na.H/c1-6(25(12,21)22)17-10(13-14-15-17)24-5-11(9(19)20)3-16-7(18)2-8(16)23-4-11;;/h6,8H,2-5H2,1H3,(H,19,20)(H2,12,21,22);;/q;+1;-1/t6?,8-,11?;;/m1../s1. The second-order valence-electron chi connectivity index (χ2n) is 5.96. The molecule has 2 unspecified atom stereocenters. The van der Waals surface area contributed by atoms with Crippen molar-refractivity contribution < 1.29 is 54.1 Å². The van der Waals surface area contributed by atoms with Crippen LogP contribution in [0.3, 0.4) is 0 Å². The third-order valence-electron chi connectivity index (χ3n) is 4.26. The van der Waals surface area contributed by atoms with Gasteiger partial charge in [-0.15, -0.1) is 16.9 Å². The molecule has 0 bridgehead atoms. The van der Waals surface area contributed by atoms with Gasteiger partial charge in [0.15, 0.2) is 5.37 Å². The monoisotopic (exact) mass is 432 g/mol. The number of rotatable bonds is 6. The Balaban J connectivity index is 0.00000182. The molecule has 2 saturated heterocycles. The molecule has 0 radical (unpaired) electrons. The van der Waals surface area contributed by atoms with E-state index in [1.54, 1.807) is 4.90 Å². The molecular weight excluding hydrogens is 415 g/mol. The quantitative estimate of drug-likeness (QED) is 0.258. The van der Waals surface area contributed by atoms with Crippen LogP contribution in [-0.4, -0.2) is 73.9 Å². The van der Waals surface area contributed by atoms with Crippen molar-refractivity contribution in [3.05, 3.63) is 0 Å². The van der Waals surface area contributed by atoms with E-state index in [4.69, 9.17) is 5.14 Å². The van der Waals surface area contributed by atoms with Gasteiger partial charge >= 0.3 is 35.5 Å². The van der Waals surface area contributed by atoms with E-state index in [9.17, 15) is 23.1 Å². The number of primary sulfonamides is 1. The summed E-state index contributed by atoms with van der Waals surface area (Å²) in [6, 6.07) is 0. The number of tetrazole rings is 1. The normalized spacial score (nSPS) is 26.5. The summed E-state index contributed by atoms with van der Waals surface area (Å²) in [5.74, 6) is -0.607. The Morgan fingerprint density at radius 3 is 2.88 bits per heavy atom. The minimum atomic E-state index is -3.90. The third-order valence-corrected chi connectivity index (χ3v) is 8.16. The average molecular weight is 432 g/mol. The molecule has 26 heavy (non-hydrogen) atoms. The zero-order valence-electron chi connectivity index (χ0n) is 15.1. The van der Waals surface area contributed by atoms with Crippen LogP contribution in [0.4, 0.5) is 0 Å². The molecule has 3 rings (SSSR count). The zero-order valence-corrected chi connectivity index (χ0v) is 18.6. The van der Waals surface area contributed by atoms with E-state index < -0.39 is 26.8 Å². The van der Waals surface area contributed by atoms with Crippen LogP contribution in [-0.2, 0) is 19.6 Å². The van der Waals surface area contributed by atoms with Crippen LogP contribution in [0.25, 0.3) is 0 Å². The Morgan fingerprint density at radius 1 is 1.62 bits per heavy atom. The number of hydrogen-bond acceptors (Lipinski definition) is 9. The third kappa shape index (κ3) is 4.05. The number of amides is 1. The molecule has 1 aromatic rings. The molecule has 11 nitrogen and oxygen atoms in total. The van der Waals surface area contributed by atoms with Gasteiger partial charge in [0.1, 0.15) is 5.41 Å². The Labute approximate surface area is 181 Å². The fourth-order valence-corrected chi connectivity index (χ4v) is 5.74. The van der Waals surface area contributed by atoms with E-state index >= 15 is 0 Å². The molecule has 3 heterocycles. The summed E-state index contributed by atoms with van der Waals surface area (Å²) < 4.78 is 24.0. The van der Waals surface area contributed by atoms with E-state index in [-0.39, 0.29) is 59.7 Å². The summed E-state index contributed by atoms with van der Waals surface area (Å²) in [4.78, 5) is 25.1. The van der Waals surface area contributed by atoms with E-state index in [1.807, 2.05) is 0 Å². The Kier molecular flexibility index (Phi) is 6.68. The van der Waals surface area contributed by atoms with Gasteiger partial charge in [-0.1, -0.05) is 11.8 Å². The van der Waals surface area contributed by atoms with Crippen LogP contribution >= 0.6 is 23.5 Å². The van der Waals surface area contributed by atoms with E-state index in [2.05, 4.69) is 15.5 Å². The van der Waals surface area contributed by atoms with Crippen molar-refractivity contribution in [3.63, 3.8) is 0 Å². The predicted octanol–water partition coefficient (Wildman–Crippen LogP) is -3.94. The molecule has 2 aliphatic rings. The maximum Gasteiger partial charge on any atom is 1.00 e. The van der Waals surface area contributed by atoms with Crippen molar-refractivity contribution in [1.29, 1.82) is 0 Å². The van der Waals surface area contributed by atoms with Gasteiger partial charge in [-0.3, -0.25) is 9.59 Å². The fraction of sp³-hybridized carbons (Fsp3) is 0.727. The predicted molar refractivity (Wildman–Crippen MR) is 90.1 cm³/mol. The molecule has 0 aliphatic carbocycles. The van der Waals surface area contributed by atoms with Crippen LogP contribution < -0.4 is 34.7 Å². The number of aliphatic carboxylic acids is 1. The second kappa shape index (κ2) is 7.93. The maximum absolute atomic E-state index is 11.9. The number of aromatic nitrogens is 4. The van der Waals surface area contributed by atoms with E-state index in [0.29, 0.717) is 12.2 Å². The number of sulfonamides is 1. The average Bonchev–Trinajstić information content (AvgIpc) is 2.99. The Bertz CT molecular complexity index is 825. The van der Waals surface area contributed by atoms with Gasteiger partial charge in [0.25, 0.3) is 0 Å². The number of β-lactam (4-membered cyclic amide) rings is 1. The SMILES string of the molecule is CC(n1nnnc1SCC1(C(=O)O)CS[C@@H]2CC(=O)N2C1)S(N)(=O)=O.[H-].[Na+]. The molecule has 3 N–H and O–H groups in total. The number of carboxylic acid groups (broad SMARTS) is 1. The summed E-state index contributed by atoms with van der Waals surface area (Å²) >= 11 is 2.48. The largest absolute Gasteiger partial charge is 1.00 e. The number of carbonyl (C=O) groups excluding carboxylic acids is 1. The summed E-state index contributed by atoms with van der Waals surface area (Å²) in [5.41, 5.74) is -1.15.